The van der Waals surface area contributed by atoms with Crippen LogP contribution < -0.4 is 0 Å². The highest BCUT2D eigenvalue weighted by atomic mass is 16.5. The highest BCUT2D eigenvalue weighted by Crippen LogP contribution is 2.21. The van der Waals surface area contributed by atoms with Gasteiger partial charge in [0.25, 0.3) is 5.91 Å². The van der Waals surface area contributed by atoms with Crippen LogP contribution in [0, 0.1) is 6.92 Å². The molecule has 7 nitrogen and oxygen atoms in total. The maximum absolute atomic E-state index is 12.7. The molecule has 0 N–H and O–H groups in total. The van der Waals surface area contributed by atoms with E-state index in [4.69, 9.17) is 4.52 Å². The van der Waals surface area contributed by atoms with Crippen molar-refractivity contribution in [3.8, 4) is 11.3 Å². The van der Waals surface area contributed by atoms with Gasteiger partial charge in [0.1, 0.15) is 0 Å². The Hall–Kier alpha value is -3.45. The summed E-state index contributed by atoms with van der Waals surface area (Å²) in [4.78, 5) is 31.0. The average Bonchev–Trinajstić information content (AvgIpc) is 3.30. The van der Waals surface area contributed by atoms with Gasteiger partial charge in [-0.2, -0.15) is 0 Å². The van der Waals surface area contributed by atoms with E-state index in [2.05, 4.69) is 22.2 Å². The van der Waals surface area contributed by atoms with Crippen LogP contribution in [0.4, 0.5) is 0 Å². The van der Waals surface area contributed by atoms with Crippen LogP contribution in [0.2, 0.25) is 0 Å². The second-order valence-electron chi connectivity index (χ2n) is 8.25. The van der Waals surface area contributed by atoms with Gasteiger partial charge in [-0.25, -0.2) is 0 Å². The number of hydrogen-bond acceptors (Lipinski definition) is 5. The van der Waals surface area contributed by atoms with Crippen LogP contribution in [-0.2, 0) is 11.3 Å². The smallest absolute Gasteiger partial charge is 0.276 e. The molecule has 0 atom stereocenters. The first-order chi connectivity index (χ1) is 15.5. The number of amides is 2. The Morgan fingerprint density at radius 1 is 1.00 bits per heavy atom. The molecule has 3 aromatic rings. The molecule has 0 unspecified atom stereocenters. The molecule has 32 heavy (non-hydrogen) atoms. The van der Waals surface area contributed by atoms with E-state index in [0.717, 1.165) is 30.8 Å². The lowest BCUT2D eigenvalue weighted by molar-refractivity contribution is -0.133. The average molecular weight is 433 g/mol. The molecule has 2 heterocycles. The third-order valence-corrected chi connectivity index (χ3v) is 5.76. The van der Waals surface area contributed by atoms with Gasteiger partial charge in [0.05, 0.1) is 6.54 Å². The second kappa shape index (κ2) is 9.78. The third-order valence-electron chi connectivity index (χ3n) is 5.76. The Labute approximate surface area is 188 Å². The lowest BCUT2D eigenvalue weighted by Gasteiger charge is -2.35. The number of carbonyl (C=O) groups is 2. The quantitative estimate of drug-likeness (QED) is 0.599. The number of likely N-dealkylation sites (N-methyl/N-ethyl adjacent to an activating group) is 1. The van der Waals surface area contributed by atoms with Gasteiger partial charge in [0.2, 0.25) is 5.91 Å². The zero-order valence-electron chi connectivity index (χ0n) is 18.5. The standard InChI is InChI=1S/C25H28N4O3/c1-19-8-10-21(11-9-19)23-16-22(26-32-23)25(31)27(2)18-24(30)29-14-12-28(13-15-29)17-20-6-4-3-5-7-20/h3-11,16H,12-15,17-18H2,1-2H3. The number of aromatic nitrogens is 1. The number of aryl methyl sites for hydroxylation is 1. The predicted molar refractivity (Wildman–Crippen MR) is 122 cm³/mol. The van der Waals surface area contributed by atoms with Crippen LogP contribution in [0.25, 0.3) is 11.3 Å². The van der Waals surface area contributed by atoms with Crippen molar-refractivity contribution in [2.45, 2.75) is 13.5 Å². The van der Waals surface area contributed by atoms with Gasteiger partial charge >= 0.3 is 0 Å². The number of carbonyl (C=O) groups excluding carboxylic acids is 2. The number of hydrogen-bond donors (Lipinski definition) is 0. The molecule has 7 heteroatoms. The zero-order chi connectivity index (χ0) is 22.5. The van der Waals surface area contributed by atoms with E-state index in [1.807, 2.05) is 54.3 Å². The van der Waals surface area contributed by atoms with Crippen molar-refractivity contribution >= 4 is 11.8 Å². The summed E-state index contributed by atoms with van der Waals surface area (Å²) in [6, 6.07) is 19.8. The fourth-order valence-electron chi connectivity index (χ4n) is 3.80. The van der Waals surface area contributed by atoms with Crippen molar-refractivity contribution in [2.24, 2.45) is 0 Å². The van der Waals surface area contributed by atoms with Gasteiger partial charge in [-0.15, -0.1) is 0 Å². The van der Waals surface area contributed by atoms with Gasteiger partial charge in [-0.3, -0.25) is 14.5 Å². The summed E-state index contributed by atoms with van der Waals surface area (Å²) < 4.78 is 5.35. The summed E-state index contributed by atoms with van der Waals surface area (Å²) >= 11 is 0. The Morgan fingerprint density at radius 3 is 2.38 bits per heavy atom. The van der Waals surface area contributed by atoms with E-state index in [1.54, 1.807) is 13.1 Å². The van der Waals surface area contributed by atoms with Crippen LogP contribution in [0.15, 0.2) is 65.2 Å². The lowest BCUT2D eigenvalue weighted by Crippen LogP contribution is -2.51. The number of benzene rings is 2. The van der Waals surface area contributed by atoms with Crippen molar-refractivity contribution in [1.82, 2.24) is 19.9 Å². The number of piperazine rings is 1. The molecule has 1 saturated heterocycles. The Kier molecular flexibility index (Phi) is 6.66. The Morgan fingerprint density at radius 2 is 1.69 bits per heavy atom. The highest BCUT2D eigenvalue weighted by Gasteiger charge is 2.25. The molecule has 2 amide bonds. The number of nitrogens with zero attached hydrogens (tertiary/aromatic N) is 4. The normalized spacial score (nSPS) is 14.4. The maximum Gasteiger partial charge on any atom is 0.276 e. The molecule has 0 radical (unpaired) electrons. The largest absolute Gasteiger partial charge is 0.355 e. The van der Waals surface area contributed by atoms with Crippen molar-refractivity contribution in [3.63, 3.8) is 0 Å². The first kappa shape index (κ1) is 21.8. The predicted octanol–water partition coefficient (Wildman–Crippen LogP) is 3.07. The first-order valence-corrected chi connectivity index (χ1v) is 10.8. The van der Waals surface area contributed by atoms with Gasteiger partial charge in [-0.1, -0.05) is 65.3 Å². The van der Waals surface area contributed by atoms with Crippen LogP contribution in [0.5, 0.6) is 0 Å². The van der Waals surface area contributed by atoms with Crippen LogP contribution in [-0.4, -0.2) is 71.4 Å². The summed E-state index contributed by atoms with van der Waals surface area (Å²) in [5, 5.41) is 3.91. The van der Waals surface area contributed by atoms with E-state index >= 15 is 0 Å². The summed E-state index contributed by atoms with van der Waals surface area (Å²) in [6.45, 7) is 5.88. The van der Waals surface area contributed by atoms with E-state index in [1.165, 1.54) is 10.5 Å². The molecule has 1 aromatic heterocycles. The zero-order valence-corrected chi connectivity index (χ0v) is 18.5. The summed E-state index contributed by atoms with van der Waals surface area (Å²) in [6.07, 6.45) is 0. The van der Waals surface area contributed by atoms with E-state index < -0.39 is 0 Å². The molecule has 0 saturated carbocycles. The van der Waals surface area contributed by atoms with Crippen molar-refractivity contribution in [1.29, 1.82) is 0 Å². The molecule has 4 rings (SSSR count). The van der Waals surface area contributed by atoms with Gasteiger partial charge in [0, 0.05) is 51.4 Å². The minimum absolute atomic E-state index is 0.0181. The fraction of sp³-hybridized carbons (Fsp3) is 0.320. The SMILES string of the molecule is Cc1ccc(-c2cc(C(=O)N(C)CC(=O)N3CCN(Cc4ccccc4)CC3)no2)cc1. The minimum atomic E-state index is -0.330. The van der Waals surface area contributed by atoms with E-state index in [9.17, 15) is 9.59 Å². The molecule has 1 aliphatic heterocycles. The second-order valence-corrected chi connectivity index (χ2v) is 8.25. The molecule has 0 spiro atoms. The number of rotatable bonds is 6. The van der Waals surface area contributed by atoms with Crippen molar-refractivity contribution < 1.29 is 14.1 Å². The Bertz CT molecular complexity index is 1050. The molecule has 166 valence electrons. The molecule has 1 fully saturated rings. The fourth-order valence-corrected chi connectivity index (χ4v) is 3.80. The Balaban J connectivity index is 1.28. The van der Waals surface area contributed by atoms with Gasteiger partial charge in [-0.05, 0) is 12.5 Å². The minimum Gasteiger partial charge on any atom is -0.355 e. The molecule has 0 aliphatic carbocycles. The lowest BCUT2D eigenvalue weighted by atomic mass is 10.1. The maximum atomic E-state index is 12.7. The van der Waals surface area contributed by atoms with Gasteiger partial charge < -0.3 is 14.3 Å². The highest BCUT2D eigenvalue weighted by molar-refractivity contribution is 5.95. The molecular formula is C25H28N4O3. The van der Waals surface area contributed by atoms with Crippen LogP contribution >= 0.6 is 0 Å². The summed E-state index contributed by atoms with van der Waals surface area (Å²) in [5.74, 6) is 0.147. The summed E-state index contributed by atoms with van der Waals surface area (Å²) in [5.41, 5.74) is 3.47. The molecule has 0 bridgehead atoms. The van der Waals surface area contributed by atoms with Crippen LogP contribution in [0.3, 0.4) is 0 Å². The van der Waals surface area contributed by atoms with Crippen LogP contribution in [0.1, 0.15) is 21.6 Å². The molecule has 1 aliphatic rings. The van der Waals surface area contributed by atoms with E-state index in [0.29, 0.717) is 18.8 Å². The monoisotopic (exact) mass is 432 g/mol. The molecule has 2 aromatic carbocycles. The van der Waals surface area contributed by atoms with Crippen molar-refractivity contribution in [3.05, 3.63) is 77.5 Å². The van der Waals surface area contributed by atoms with Gasteiger partial charge in [0.15, 0.2) is 11.5 Å². The summed E-state index contributed by atoms with van der Waals surface area (Å²) in [7, 11) is 1.62. The molecular weight excluding hydrogens is 404 g/mol. The third kappa shape index (κ3) is 5.23. The van der Waals surface area contributed by atoms with Crippen molar-refractivity contribution in [2.75, 3.05) is 39.8 Å². The van der Waals surface area contributed by atoms with E-state index in [-0.39, 0.29) is 24.1 Å². The topological polar surface area (TPSA) is 69.9 Å². The first-order valence-electron chi connectivity index (χ1n) is 10.8.